The van der Waals surface area contributed by atoms with Crippen molar-refractivity contribution in [3.05, 3.63) is 65.2 Å². The van der Waals surface area contributed by atoms with Crippen molar-refractivity contribution in [1.29, 1.82) is 0 Å². The molecule has 0 aliphatic heterocycles. The molecule has 2 unspecified atom stereocenters. The maximum atomic E-state index is 12.8. The van der Waals surface area contributed by atoms with Crippen LogP contribution in [0.5, 0.6) is 0 Å². The van der Waals surface area contributed by atoms with Crippen LogP contribution in [0, 0.1) is 5.82 Å². The van der Waals surface area contributed by atoms with Crippen LogP contribution in [-0.2, 0) is 6.42 Å². The third kappa shape index (κ3) is 2.45. The highest BCUT2D eigenvalue weighted by molar-refractivity contribution is 9.09. The lowest BCUT2D eigenvalue weighted by Gasteiger charge is -2.17. The smallest absolute Gasteiger partial charge is 0.270 e. The van der Waals surface area contributed by atoms with Gasteiger partial charge in [0.25, 0.3) is 5.91 Å². The van der Waals surface area contributed by atoms with E-state index in [9.17, 15) is 9.18 Å². The maximum Gasteiger partial charge on any atom is 0.270 e. The van der Waals surface area contributed by atoms with Gasteiger partial charge in [0, 0.05) is 4.83 Å². The Morgan fingerprint density at radius 2 is 2.10 bits per heavy atom. The minimum absolute atomic E-state index is 0.0921. The summed E-state index contributed by atoms with van der Waals surface area (Å²) < 4.78 is 12.8. The molecule has 5 heteroatoms. The average molecular weight is 335 g/mol. The molecule has 1 aromatic carbocycles. The average Bonchev–Trinajstić information content (AvgIpc) is 2.76. The second-order valence-corrected chi connectivity index (χ2v) is 5.91. The summed E-state index contributed by atoms with van der Waals surface area (Å²) in [4.78, 5) is 16.1. The molecule has 0 saturated carbocycles. The lowest BCUT2D eigenvalue weighted by Crippen LogP contribution is -2.32. The summed E-state index contributed by atoms with van der Waals surface area (Å²) in [5.41, 5.74) is 2.56. The van der Waals surface area contributed by atoms with Crippen molar-refractivity contribution in [3.63, 3.8) is 0 Å². The van der Waals surface area contributed by atoms with Crippen LogP contribution in [0.3, 0.4) is 0 Å². The molecule has 0 bridgehead atoms. The molecule has 0 radical (unpaired) electrons. The van der Waals surface area contributed by atoms with Gasteiger partial charge in [-0.2, -0.15) is 0 Å². The number of nitrogens with zero attached hydrogens (tertiary/aromatic N) is 1. The molecule has 3 nitrogen and oxygen atoms in total. The molecular weight excluding hydrogens is 323 g/mol. The molecule has 102 valence electrons. The van der Waals surface area contributed by atoms with Gasteiger partial charge in [0.1, 0.15) is 11.5 Å². The summed E-state index contributed by atoms with van der Waals surface area (Å²) in [6.45, 7) is 0. The van der Waals surface area contributed by atoms with Crippen molar-refractivity contribution < 1.29 is 9.18 Å². The first-order valence-electron chi connectivity index (χ1n) is 6.29. The predicted molar refractivity (Wildman–Crippen MR) is 77.3 cm³/mol. The zero-order chi connectivity index (χ0) is 14.1. The normalized spacial score (nSPS) is 20.5. The van der Waals surface area contributed by atoms with E-state index in [1.165, 1.54) is 17.7 Å². The van der Waals surface area contributed by atoms with Crippen LogP contribution in [0.4, 0.5) is 4.39 Å². The lowest BCUT2D eigenvalue weighted by molar-refractivity contribution is 0.0933. The lowest BCUT2D eigenvalue weighted by atomic mass is 10.1. The van der Waals surface area contributed by atoms with Crippen molar-refractivity contribution in [1.82, 2.24) is 10.3 Å². The van der Waals surface area contributed by atoms with E-state index in [1.807, 2.05) is 18.2 Å². The number of alkyl halides is 1. The molecule has 0 spiro atoms. The molecule has 0 fully saturated rings. The second-order valence-electron chi connectivity index (χ2n) is 4.73. The molecule has 1 amide bonds. The van der Waals surface area contributed by atoms with Crippen LogP contribution in [0.15, 0.2) is 42.6 Å². The van der Waals surface area contributed by atoms with Crippen LogP contribution in [0.1, 0.15) is 27.7 Å². The van der Waals surface area contributed by atoms with Gasteiger partial charge in [-0.15, -0.1) is 0 Å². The fourth-order valence-electron chi connectivity index (χ4n) is 2.44. The zero-order valence-electron chi connectivity index (χ0n) is 10.5. The van der Waals surface area contributed by atoms with Crippen molar-refractivity contribution in [2.45, 2.75) is 17.3 Å². The highest BCUT2D eigenvalue weighted by atomic mass is 79.9. The van der Waals surface area contributed by atoms with Gasteiger partial charge in [0.15, 0.2) is 0 Å². The predicted octanol–water partition coefficient (Wildman–Crippen LogP) is 3.01. The van der Waals surface area contributed by atoms with E-state index in [1.54, 1.807) is 0 Å². The first-order valence-corrected chi connectivity index (χ1v) is 7.21. The van der Waals surface area contributed by atoms with Crippen molar-refractivity contribution in [2.24, 2.45) is 0 Å². The number of nitrogens with one attached hydrogen (secondary N) is 1. The van der Waals surface area contributed by atoms with Gasteiger partial charge in [-0.3, -0.25) is 4.79 Å². The topological polar surface area (TPSA) is 42.0 Å². The van der Waals surface area contributed by atoms with E-state index in [-0.39, 0.29) is 22.5 Å². The Hall–Kier alpha value is -1.75. The molecule has 3 rings (SSSR count). The first-order chi connectivity index (χ1) is 9.65. The Balaban J connectivity index is 1.81. The van der Waals surface area contributed by atoms with E-state index in [0.29, 0.717) is 0 Å². The molecule has 1 N–H and O–H groups in total. The Kier molecular flexibility index (Phi) is 3.53. The van der Waals surface area contributed by atoms with E-state index in [4.69, 9.17) is 0 Å². The first kappa shape index (κ1) is 13.2. The molecule has 1 aliphatic carbocycles. The number of fused-ring (bicyclic) bond motifs is 1. The third-order valence-electron chi connectivity index (χ3n) is 3.41. The molecule has 2 aromatic rings. The molecule has 1 aliphatic rings. The summed E-state index contributed by atoms with van der Waals surface area (Å²) in [5.74, 6) is -0.748. The summed E-state index contributed by atoms with van der Waals surface area (Å²) in [5, 5.41) is 2.95. The van der Waals surface area contributed by atoms with Crippen molar-refractivity contribution in [2.75, 3.05) is 0 Å². The van der Waals surface area contributed by atoms with E-state index < -0.39 is 5.82 Å². The van der Waals surface area contributed by atoms with Gasteiger partial charge in [-0.05, 0) is 29.7 Å². The number of halogens is 2. The van der Waals surface area contributed by atoms with Gasteiger partial charge in [0.2, 0.25) is 0 Å². The molecule has 20 heavy (non-hydrogen) atoms. The molecule has 1 heterocycles. The fraction of sp³-hybridized carbons (Fsp3) is 0.200. The molecular formula is C15H12BrFN2O. The van der Waals surface area contributed by atoms with Gasteiger partial charge >= 0.3 is 0 Å². The number of rotatable bonds is 2. The zero-order valence-corrected chi connectivity index (χ0v) is 12.1. The number of hydrogen-bond donors (Lipinski definition) is 1. The summed E-state index contributed by atoms with van der Waals surface area (Å²) in [6.07, 6.45) is 1.92. The number of carbonyl (C=O) groups excluding carboxylic acids is 1. The van der Waals surface area contributed by atoms with E-state index >= 15 is 0 Å². The summed E-state index contributed by atoms with van der Waals surface area (Å²) >= 11 is 3.60. The van der Waals surface area contributed by atoms with Gasteiger partial charge in [-0.25, -0.2) is 9.37 Å². The Labute approximate surface area is 124 Å². The third-order valence-corrected chi connectivity index (χ3v) is 4.27. The number of benzene rings is 1. The van der Waals surface area contributed by atoms with E-state index in [2.05, 4.69) is 32.3 Å². The second kappa shape index (κ2) is 5.32. The van der Waals surface area contributed by atoms with Crippen LogP contribution in [0.2, 0.25) is 0 Å². The summed E-state index contributed by atoms with van der Waals surface area (Å²) in [7, 11) is 0. The highest BCUT2D eigenvalue weighted by Gasteiger charge is 2.31. The van der Waals surface area contributed by atoms with E-state index in [0.717, 1.165) is 18.2 Å². The summed E-state index contributed by atoms with van der Waals surface area (Å²) in [6, 6.07) is 10.5. The van der Waals surface area contributed by atoms with Crippen LogP contribution in [-0.4, -0.2) is 15.7 Å². The SMILES string of the molecule is O=C(NC1c2ccccc2CC1Br)c1ccc(F)cn1. The largest absolute Gasteiger partial charge is 0.343 e. The van der Waals surface area contributed by atoms with Crippen LogP contribution < -0.4 is 5.32 Å². The Bertz CT molecular complexity index is 645. The van der Waals surface area contributed by atoms with Crippen LogP contribution in [0.25, 0.3) is 0 Å². The Morgan fingerprint density at radius 1 is 1.30 bits per heavy atom. The van der Waals surface area contributed by atoms with Gasteiger partial charge < -0.3 is 5.32 Å². The molecule has 0 saturated heterocycles. The molecule has 2 atom stereocenters. The fourth-order valence-corrected chi connectivity index (χ4v) is 3.21. The number of amides is 1. The van der Waals surface area contributed by atoms with Crippen LogP contribution >= 0.6 is 15.9 Å². The number of pyridine rings is 1. The van der Waals surface area contributed by atoms with Crippen molar-refractivity contribution in [3.8, 4) is 0 Å². The quantitative estimate of drug-likeness (QED) is 0.858. The highest BCUT2D eigenvalue weighted by Crippen LogP contribution is 2.35. The number of aromatic nitrogens is 1. The Morgan fingerprint density at radius 3 is 2.85 bits per heavy atom. The monoisotopic (exact) mass is 334 g/mol. The minimum Gasteiger partial charge on any atom is -0.343 e. The number of hydrogen-bond acceptors (Lipinski definition) is 2. The maximum absolute atomic E-state index is 12.8. The molecule has 1 aromatic heterocycles. The minimum atomic E-state index is -0.453. The standard InChI is InChI=1S/C15H12BrFN2O/c16-12-7-9-3-1-2-4-11(9)14(12)19-15(20)13-6-5-10(17)8-18-13/h1-6,8,12,14H,7H2,(H,19,20). The number of carbonyl (C=O) groups is 1. The van der Waals surface area contributed by atoms with Gasteiger partial charge in [0.05, 0.1) is 12.2 Å². The van der Waals surface area contributed by atoms with Crippen molar-refractivity contribution >= 4 is 21.8 Å². The van der Waals surface area contributed by atoms with Gasteiger partial charge in [-0.1, -0.05) is 40.2 Å².